The maximum atomic E-state index is 11.7. The van der Waals surface area contributed by atoms with Gasteiger partial charge >= 0.3 is 0 Å². The molecule has 1 heterocycles. The topological polar surface area (TPSA) is 51.1 Å². The van der Waals surface area contributed by atoms with E-state index in [0.29, 0.717) is 0 Å². The molecule has 0 aliphatic heterocycles. The molecule has 0 unspecified atom stereocenters. The van der Waals surface area contributed by atoms with Crippen molar-refractivity contribution in [3.63, 3.8) is 0 Å². The van der Waals surface area contributed by atoms with Crippen LogP contribution < -0.4 is 10.7 Å². The predicted molar refractivity (Wildman–Crippen MR) is 70.5 cm³/mol. The number of benzene rings is 1. The predicted octanol–water partition coefficient (Wildman–Crippen LogP) is 1.80. The van der Waals surface area contributed by atoms with E-state index in [4.69, 9.17) is 0 Å². The molecule has 1 aromatic carbocycles. The van der Waals surface area contributed by atoms with E-state index in [1.54, 1.807) is 17.0 Å². The number of anilines is 1. The highest BCUT2D eigenvalue weighted by molar-refractivity contribution is 5.90. The van der Waals surface area contributed by atoms with Gasteiger partial charge in [0, 0.05) is 30.2 Å². The molecule has 0 bridgehead atoms. The van der Waals surface area contributed by atoms with Crippen molar-refractivity contribution in [2.75, 3.05) is 5.32 Å². The van der Waals surface area contributed by atoms with Crippen molar-refractivity contribution < 1.29 is 4.79 Å². The smallest absolute Gasteiger partial charge is 0.244 e. The van der Waals surface area contributed by atoms with Crippen LogP contribution in [0, 0.1) is 6.92 Å². The lowest BCUT2D eigenvalue weighted by Gasteiger charge is -2.07. The van der Waals surface area contributed by atoms with E-state index in [2.05, 4.69) is 5.32 Å². The van der Waals surface area contributed by atoms with Gasteiger partial charge in [-0.25, -0.2) is 0 Å². The van der Waals surface area contributed by atoms with Gasteiger partial charge in [-0.15, -0.1) is 0 Å². The Labute approximate surface area is 105 Å². The van der Waals surface area contributed by atoms with Gasteiger partial charge in [-0.1, -0.05) is 17.7 Å². The molecule has 1 N–H and O–H groups in total. The second-order valence-corrected chi connectivity index (χ2v) is 4.12. The highest BCUT2D eigenvalue weighted by Gasteiger charge is 2.02. The highest BCUT2D eigenvalue weighted by Crippen LogP contribution is 2.08. The quantitative estimate of drug-likeness (QED) is 0.892. The van der Waals surface area contributed by atoms with Crippen LogP contribution in [0.25, 0.3) is 0 Å². The van der Waals surface area contributed by atoms with Gasteiger partial charge in [0.15, 0.2) is 5.43 Å². The minimum atomic E-state index is -0.123. The number of aryl methyl sites for hydroxylation is 1. The van der Waals surface area contributed by atoms with Gasteiger partial charge in [-0.2, -0.15) is 0 Å². The summed E-state index contributed by atoms with van der Waals surface area (Å²) in [6.07, 6.45) is 3.19. The van der Waals surface area contributed by atoms with Crippen LogP contribution in [0.15, 0.2) is 53.6 Å². The Kier molecular flexibility index (Phi) is 3.57. The Morgan fingerprint density at radius 2 is 1.72 bits per heavy atom. The Balaban J connectivity index is 1.98. The normalized spacial score (nSPS) is 10.1. The van der Waals surface area contributed by atoms with Crippen molar-refractivity contribution in [1.82, 2.24) is 4.57 Å². The third-order valence-electron chi connectivity index (χ3n) is 2.52. The summed E-state index contributed by atoms with van der Waals surface area (Å²) in [4.78, 5) is 22.7. The lowest BCUT2D eigenvalue weighted by Crippen LogP contribution is -2.19. The van der Waals surface area contributed by atoms with E-state index in [1.165, 1.54) is 12.1 Å². The molecule has 0 fully saturated rings. The van der Waals surface area contributed by atoms with E-state index in [0.717, 1.165) is 11.3 Å². The molecular formula is C14H14N2O2. The molecule has 0 spiro atoms. The summed E-state index contributed by atoms with van der Waals surface area (Å²) in [6.45, 7) is 2.18. The van der Waals surface area contributed by atoms with Crippen molar-refractivity contribution in [3.8, 4) is 0 Å². The van der Waals surface area contributed by atoms with Crippen LogP contribution in [-0.4, -0.2) is 10.5 Å². The van der Waals surface area contributed by atoms with E-state index in [1.807, 2.05) is 31.2 Å². The van der Waals surface area contributed by atoms with Crippen molar-refractivity contribution in [2.24, 2.45) is 0 Å². The lowest BCUT2D eigenvalue weighted by atomic mass is 10.2. The van der Waals surface area contributed by atoms with Crippen molar-refractivity contribution in [1.29, 1.82) is 0 Å². The Morgan fingerprint density at radius 3 is 2.33 bits per heavy atom. The van der Waals surface area contributed by atoms with Gasteiger partial charge in [0.2, 0.25) is 5.91 Å². The van der Waals surface area contributed by atoms with Crippen LogP contribution in [0.3, 0.4) is 0 Å². The van der Waals surface area contributed by atoms with Crippen molar-refractivity contribution >= 4 is 11.6 Å². The van der Waals surface area contributed by atoms with E-state index < -0.39 is 0 Å². The van der Waals surface area contributed by atoms with Crippen LogP contribution in [0.2, 0.25) is 0 Å². The highest BCUT2D eigenvalue weighted by atomic mass is 16.2. The number of aromatic nitrogens is 1. The first kappa shape index (κ1) is 12.1. The minimum Gasteiger partial charge on any atom is -0.345 e. The number of amides is 1. The number of nitrogens with zero attached hydrogens (tertiary/aromatic N) is 1. The van der Waals surface area contributed by atoms with Crippen LogP contribution in [0.5, 0.6) is 0 Å². The number of rotatable bonds is 3. The van der Waals surface area contributed by atoms with Gasteiger partial charge < -0.3 is 9.88 Å². The Hall–Kier alpha value is -2.36. The van der Waals surface area contributed by atoms with Gasteiger partial charge in [-0.05, 0) is 19.1 Å². The molecule has 0 saturated carbocycles. The average molecular weight is 242 g/mol. The Bertz CT molecular complexity index is 579. The Morgan fingerprint density at radius 1 is 1.11 bits per heavy atom. The zero-order chi connectivity index (χ0) is 13.0. The van der Waals surface area contributed by atoms with E-state index in [9.17, 15) is 9.59 Å². The van der Waals surface area contributed by atoms with Crippen molar-refractivity contribution in [3.05, 3.63) is 64.6 Å². The molecule has 4 nitrogen and oxygen atoms in total. The second-order valence-electron chi connectivity index (χ2n) is 4.12. The summed E-state index contributed by atoms with van der Waals surface area (Å²) in [5.74, 6) is -0.123. The first-order valence-electron chi connectivity index (χ1n) is 5.66. The van der Waals surface area contributed by atoms with Crippen molar-refractivity contribution in [2.45, 2.75) is 13.5 Å². The number of pyridine rings is 1. The van der Waals surface area contributed by atoms with E-state index in [-0.39, 0.29) is 17.9 Å². The average Bonchev–Trinajstić information content (AvgIpc) is 2.35. The number of carbonyl (C=O) groups excluding carboxylic acids is 1. The zero-order valence-electron chi connectivity index (χ0n) is 10.1. The first-order valence-corrected chi connectivity index (χ1v) is 5.66. The summed E-state index contributed by atoms with van der Waals surface area (Å²) in [5, 5.41) is 2.79. The van der Waals surface area contributed by atoms with Crippen LogP contribution in [0.4, 0.5) is 5.69 Å². The summed E-state index contributed by atoms with van der Waals surface area (Å²) in [5.41, 5.74) is 1.85. The lowest BCUT2D eigenvalue weighted by molar-refractivity contribution is -0.116. The summed E-state index contributed by atoms with van der Waals surface area (Å²) in [7, 11) is 0. The molecular weight excluding hydrogens is 228 g/mol. The molecule has 0 atom stereocenters. The third-order valence-corrected chi connectivity index (χ3v) is 2.52. The molecule has 92 valence electrons. The monoisotopic (exact) mass is 242 g/mol. The van der Waals surface area contributed by atoms with Crippen LogP contribution in [-0.2, 0) is 11.3 Å². The molecule has 2 rings (SSSR count). The van der Waals surface area contributed by atoms with Crippen LogP contribution >= 0.6 is 0 Å². The van der Waals surface area contributed by atoms with Gasteiger partial charge in [0.1, 0.15) is 6.54 Å². The molecule has 1 aromatic heterocycles. The standard InChI is InChI=1S/C14H14N2O2/c1-11-2-4-12(5-3-11)15-14(18)10-16-8-6-13(17)7-9-16/h2-9H,10H2,1H3,(H,15,18). The maximum Gasteiger partial charge on any atom is 0.244 e. The van der Waals surface area contributed by atoms with Gasteiger partial charge in [0.05, 0.1) is 0 Å². The first-order chi connectivity index (χ1) is 8.63. The SMILES string of the molecule is Cc1ccc(NC(=O)Cn2ccc(=O)cc2)cc1. The number of hydrogen-bond acceptors (Lipinski definition) is 2. The maximum absolute atomic E-state index is 11.7. The minimum absolute atomic E-state index is 0.0646. The summed E-state index contributed by atoms with van der Waals surface area (Å²) in [6, 6.07) is 10.5. The fourth-order valence-electron chi connectivity index (χ4n) is 1.55. The fourth-order valence-corrected chi connectivity index (χ4v) is 1.55. The largest absolute Gasteiger partial charge is 0.345 e. The molecule has 0 aliphatic carbocycles. The van der Waals surface area contributed by atoms with Crippen LogP contribution in [0.1, 0.15) is 5.56 Å². The third kappa shape index (κ3) is 3.31. The number of carbonyl (C=O) groups is 1. The molecule has 0 radical (unpaired) electrons. The molecule has 18 heavy (non-hydrogen) atoms. The zero-order valence-corrected chi connectivity index (χ0v) is 10.1. The molecule has 1 amide bonds. The van der Waals surface area contributed by atoms with Gasteiger partial charge in [0.25, 0.3) is 0 Å². The molecule has 4 heteroatoms. The number of nitrogens with one attached hydrogen (secondary N) is 1. The fraction of sp³-hybridized carbons (Fsp3) is 0.143. The van der Waals surface area contributed by atoms with E-state index >= 15 is 0 Å². The second kappa shape index (κ2) is 5.31. The molecule has 0 saturated heterocycles. The number of hydrogen-bond donors (Lipinski definition) is 1. The summed E-state index contributed by atoms with van der Waals surface area (Å²) < 4.78 is 1.66. The molecule has 2 aromatic rings. The molecule has 0 aliphatic rings. The summed E-state index contributed by atoms with van der Waals surface area (Å²) >= 11 is 0. The van der Waals surface area contributed by atoms with Gasteiger partial charge in [-0.3, -0.25) is 9.59 Å².